The summed E-state index contributed by atoms with van der Waals surface area (Å²) < 4.78 is 4.66. The second-order valence-electron chi connectivity index (χ2n) is 6.19. The summed E-state index contributed by atoms with van der Waals surface area (Å²) >= 11 is 0. The molecule has 9 nitrogen and oxygen atoms in total. The molecule has 0 aliphatic rings. The van der Waals surface area contributed by atoms with Crippen molar-refractivity contribution in [3.05, 3.63) is 82.2 Å². The summed E-state index contributed by atoms with van der Waals surface area (Å²) in [6.45, 7) is 0.450. The molecule has 29 heavy (non-hydrogen) atoms. The summed E-state index contributed by atoms with van der Waals surface area (Å²) in [6.07, 6.45) is 1.27. The van der Waals surface area contributed by atoms with Gasteiger partial charge in [-0.1, -0.05) is 30.3 Å². The van der Waals surface area contributed by atoms with E-state index in [4.69, 9.17) is 0 Å². The van der Waals surface area contributed by atoms with Gasteiger partial charge in [-0.2, -0.15) is 0 Å². The molecule has 9 heteroatoms. The van der Waals surface area contributed by atoms with Gasteiger partial charge in [-0.25, -0.2) is 14.8 Å². The van der Waals surface area contributed by atoms with Gasteiger partial charge in [0.2, 0.25) is 11.6 Å². The highest BCUT2D eigenvalue weighted by molar-refractivity contribution is 5.89. The Balaban J connectivity index is 1.88. The quantitative estimate of drug-likeness (QED) is 0.369. The number of rotatable bonds is 7. The fourth-order valence-corrected chi connectivity index (χ4v) is 2.78. The van der Waals surface area contributed by atoms with E-state index in [9.17, 15) is 14.9 Å². The molecule has 2 aromatic carbocycles. The minimum Gasteiger partial charge on any atom is -0.465 e. The van der Waals surface area contributed by atoms with E-state index in [0.717, 1.165) is 5.56 Å². The molecule has 0 saturated heterocycles. The van der Waals surface area contributed by atoms with Gasteiger partial charge >= 0.3 is 11.7 Å². The molecule has 0 atom stereocenters. The Morgan fingerprint density at radius 1 is 1.14 bits per heavy atom. The molecule has 3 rings (SSSR count). The highest BCUT2D eigenvalue weighted by Crippen LogP contribution is 2.33. The fraction of sp³-hybridized carbons (Fsp3) is 0.150. The maximum absolute atomic E-state index is 11.8. The summed E-state index contributed by atoms with van der Waals surface area (Å²) in [4.78, 5) is 32.6. The van der Waals surface area contributed by atoms with Crippen LogP contribution < -0.4 is 10.2 Å². The highest BCUT2D eigenvalue weighted by Gasteiger charge is 2.25. The van der Waals surface area contributed by atoms with Crippen LogP contribution in [0.1, 0.15) is 15.9 Å². The number of aromatic nitrogens is 2. The van der Waals surface area contributed by atoms with Crippen LogP contribution in [0.25, 0.3) is 0 Å². The molecule has 0 spiro atoms. The second-order valence-corrected chi connectivity index (χ2v) is 6.19. The summed E-state index contributed by atoms with van der Waals surface area (Å²) in [5, 5.41) is 14.7. The molecular weight excluding hydrogens is 374 g/mol. The zero-order chi connectivity index (χ0) is 20.8. The van der Waals surface area contributed by atoms with E-state index in [0.29, 0.717) is 17.8 Å². The monoisotopic (exact) mass is 393 g/mol. The van der Waals surface area contributed by atoms with Crippen LogP contribution >= 0.6 is 0 Å². The van der Waals surface area contributed by atoms with Gasteiger partial charge < -0.3 is 15.0 Å². The molecule has 0 bridgehead atoms. The average molecular weight is 393 g/mol. The summed E-state index contributed by atoms with van der Waals surface area (Å²) in [7, 11) is 3.03. The standard InChI is InChI=1S/C20H19N5O4/c1-24(12-14-6-4-3-5-7-14)19-17(25(27)28)18(21-13-22-19)23-16-10-8-15(9-11-16)20(26)29-2/h3-11,13H,12H2,1-2H3,(H,21,22,23). The summed E-state index contributed by atoms with van der Waals surface area (Å²) in [5.74, 6) is -0.206. The van der Waals surface area contributed by atoms with Crippen LogP contribution in [0.2, 0.25) is 0 Å². The molecule has 0 aliphatic heterocycles. The minimum absolute atomic E-state index is 0.0609. The Kier molecular flexibility index (Phi) is 5.98. The average Bonchev–Trinajstić information content (AvgIpc) is 2.74. The van der Waals surface area contributed by atoms with E-state index < -0.39 is 10.9 Å². The number of carbonyl (C=O) groups excluding carboxylic acids is 1. The Morgan fingerprint density at radius 3 is 2.45 bits per heavy atom. The lowest BCUT2D eigenvalue weighted by Crippen LogP contribution is -2.20. The van der Waals surface area contributed by atoms with Crippen LogP contribution in [0.3, 0.4) is 0 Å². The molecule has 0 radical (unpaired) electrons. The van der Waals surface area contributed by atoms with Gasteiger partial charge in [-0.05, 0) is 29.8 Å². The van der Waals surface area contributed by atoms with E-state index in [1.54, 1.807) is 36.2 Å². The molecule has 0 aliphatic carbocycles. The van der Waals surface area contributed by atoms with Crippen molar-refractivity contribution in [2.24, 2.45) is 0 Å². The van der Waals surface area contributed by atoms with E-state index >= 15 is 0 Å². The molecule has 1 heterocycles. The van der Waals surface area contributed by atoms with Crippen LogP contribution in [0.4, 0.5) is 23.0 Å². The molecule has 1 aromatic heterocycles. The first-order chi connectivity index (χ1) is 14.0. The minimum atomic E-state index is -0.512. The number of anilines is 3. The normalized spacial score (nSPS) is 10.3. The highest BCUT2D eigenvalue weighted by atomic mass is 16.6. The molecule has 0 saturated carbocycles. The zero-order valence-electron chi connectivity index (χ0n) is 15.9. The van der Waals surface area contributed by atoms with Gasteiger partial charge in [0, 0.05) is 19.3 Å². The molecule has 1 N–H and O–H groups in total. The maximum atomic E-state index is 11.8. The summed E-state index contributed by atoms with van der Waals surface area (Å²) in [6, 6.07) is 15.9. The van der Waals surface area contributed by atoms with Crippen molar-refractivity contribution in [1.29, 1.82) is 0 Å². The van der Waals surface area contributed by atoms with Crippen LogP contribution in [-0.4, -0.2) is 35.0 Å². The molecule has 0 amide bonds. The fourth-order valence-electron chi connectivity index (χ4n) is 2.78. The first kappa shape index (κ1) is 19.7. The van der Waals surface area contributed by atoms with Gasteiger partial charge in [0.1, 0.15) is 6.33 Å². The lowest BCUT2D eigenvalue weighted by molar-refractivity contribution is -0.383. The molecule has 148 valence electrons. The molecule has 0 fully saturated rings. The Morgan fingerprint density at radius 2 is 1.83 bits per heavy atom. The van der Waals surface area contributed by atoms with E-state index in [1.165, 1.54) is 13.4 Å². The van der Waals surface area contributed by atoms with Crippen molar-refractivity contribution < 1.29 is 14.5 Å². The van der Waals surface area contributed by atoms with Crippen LogP contribution in [0.5, 0.6) is 0 Å². The number of hydrogen-bond donors (Lipinski definition) is 1. The third-order valence-electron chi connectivity index (χ3n) is 4.18. The van der Waals surface area contributed by atoms with Crippen molar-refractivity contribution in [1.82, 2.24) is 9.97 Å². The number of hydrogen-bond acceptors (Lipinski definition) is 8. The number of ether oxygens (including phenoxy) is 1. The number of nitrogens with one attached hydrogen (secondary N) is 1. The van der Waals surface area contributed by atoms with Gasteiger partial charge in [0.15, 0.2) is 0 Å². The van der Waals surface area contributed by atoms with Crippen LogP contribution in [-0.2, 0) is 11.3 Å². The van der Waals surface area contributed by atoms with Crippen LogP contribution in [0, 0.1) is 10.1 Å². The van der Waals surface area contributed by atoms with Crippen molar-refractivity contribution >= 4 is 29.0 Å². The second kappa shape index (κ2) is 8.79. The van der Waals surface area contributed by atoms with Crippen LogP contribution in [0.15, 0.2) is 60.9 Å². The van der Waals surface area contributed by atoms with Gasteiger partial charge in [0.05, 0.1) is 17.6 Å². The number of methoxy groups -OCH3 is 1. The number of carbonyl (C=O) groups is 1. The first-order valence-electron chi connectivity index (χ1n) is 8.69. The lowest BCUT2D eigenvalue weighted by Gasteiger charge is -2.19. The predicted molar refractivity (Wildman–Crippen MR) is 108 cm³/mol. The Bertz CT molecular complexity index is 1010. The zero-order valence-corrected chi connectivity index (χ0v) is 15.9. The maximum Gasteiger partial charge on any atom is 0.353 e. The van der Waals surface area contributed by atoms with Crippen molar-refractivity contribution in [3.63, 3.8) is 0 Å². The topological polar surface area (TPSA) is 110 Å². The number of esters is 1. The van der Waals surface area contributed by atoms with Crippen molar-refractivity contribution in [3.8, 4) is 0 Å². The first-order valence-corrected chi connectivity index (χ1v) is 8.69. The number of benzene rings is 2. The van der Waals surface area contributed by atoms with Gasteiger partial charge in [0.25, 0.3) is 0 Å². The van der Waals surface area contributed by atoms with E-state index in [1.807, 2.05) is 30.3 Å². The SMILES string of the molecule is COC(=O)c1ccc(Nc2ncnc(N(C)Cc3ccccc3)c2[N+](=O)[O-])cc1. The molecular formula is C20H19N5O4. The Labute approximate surface area is 167 Å². The predicted octanol–water partition coefficient (Wildman–Crippen LogP) is 3.55. The Hall–Kier alpha value is -4.01. The third-order valence-corrected chi connectivity index (χ3v) is 4.18. The summed E-state index contributed by atoms with van der Waals surface area (Å²) in [5.41, 5.74) is 1.67. The van der Waals surface area contributed by atoms with E-state index in [2.05, 4.69) is 20.0 Å². The third kappa shape index (κ3) is 4.64. The lowest BCUT2D eigenvalue weighted by atomic mass is 10.2. The molecule has 0 unspecified atom stereocenters. The number of nitro groups is 1. The number of nitrogens with zero attached hydrogens (tertiary/aromatic N) is 4. The van der Waals surface area contributed by atoms with Crippen molar-refractivity contribution in [2.45, 2.75) is 6.54 Å². The van der Waals surface area contributed by atoms with Crippen molar-refractivity contribution in [2.75, 3.05) is 24.4 Å². The van der Waals surface area contributed by atoms with E-state index in [-0.39, 0.29) is 17.3 Å². The molecule has 3 aromatic rings. The van der Waals surface area contributed by atoms with Gasteiger partial charge in [-0.3, -0.25) is 10.1 Å². The van der Waals surface area contributed by atoms with Gasteiger partial charge in [-0.15, -0.1) is 0 Å². The smallest absolute Gasteiger partial charge is 0.353 e. The largest absolute Gasteiger partial charge is 0.465 e.